The van der Waals surface area contributed by atoms with Crippen LogP contribution in [-0.2, 0) is 17.4 Å². The van der Waals surface area contributed by atoms with E-state index in [1.807, 2.05) is 42.5 Å². The van der Waals surface area contributed by atoms with Crippen LogP contribution in [0.2, 0.25) is 5.02 Å². The number of carboxylic acid groups (broad SMARTS) is 1. The van der Waals surface area contributed by atoms with Gasteiger partial charge in [0, 0.05) is 54.5 Å². The van der Waals surface area contributed by atoms with E-state index in [1.54, 1.807) is 35.6 Å². The fourth-order valence-corrected chi connectivity index (χ4v) is 6.66. The zero-order valence-electron chi connectivity index (χ0n) is 23.3. The minimum Gasteiger partial charge on any atom is -0.480 e. The number of aromatic nitrogens is 1. The Morgan fingerprint density at radius 1 is 0.933 bits per heavy atom. The number of fused-ring (bicyclic) bond motifs is 3. The van der Waals surface area contributed by atoms with Gasteiger partial charge in [-0.3, -0.25) is 9.36 Å². The summed E-state index contributed by atoms with van der Waals surface area (Å²) in [4.78, 5) is 26.5. The molecular formula is C34H24ClF3N2O4S. The zero-order valence-corrected chi connectivity index (χ0v) is 24.8. The largest absolute Gasteiger partial charge is 0.480 e. The molecule has 0 fully saturated rings. The Labute approximate surface area is 263 Å². The minimum atomic E-state index is -4.55. The van der Waals surface area contributed by atoms with E-state index in [4.69, 9.17) is 11.6 Å². The van der Waals surface area contributed by atoms with Crippen molar-refractivity contribution < 1.29 is 28.2 Å². The summed E-state index contributed by atoms with van der Waals surface area (Å²) in [5.41, 5.74) is 0.235. The van der Waals surface area contributed by atoms with E-state index < -0.39 is 35.5 Å². The van der Waals surface area contributed by atoms with Crippen molar-refractivity contribution in [1.82, 2.24) is 4.57 Å². The number of alkyl halides is 3. The Kier molecular flexibility index (Phi) is 8.13. The number of nitrogens with one attached hydrogen (secondary N) is 1. The average Bonchev–Trinajstić information content (AvgIpc) is 3.40. The first-order valence-electron chi connectivity index (χ1n) is 13.8. The van der Waals surface area contributed by atoms with Crippen LogP contribution in [0.25, 0.3) is 31.3 Å². The maximum Gasteiger partial charge on any atom is 0.416 e. The first-order valence-corrected chi connectivity index (χ1v) is 14.9. The number of rotatable bonds is 8. The highest BCUT2D eigenvalue weighted by molar-refractivity contribution is 7.26. The average molecular weight is 649 g/mol. The predicted molar refractivity (Wildman–Crippen MR) is 171 cm³/mol. The van der Waals surface area contributed by atoms with E-state index in [-0.39, 0.29) is 17.7 Å². The summed E-state index contributed by atoms with van der Waals surface area (Å²) in [7, 11) is 0. The smallest absolute Gasteiger partial charge is 0.416 e. The van der Waals surface area contributed by atoms with Crippen molar-refractivity contribution in [3.05, 3.63) is 135 Å². The van der Waals surface area contributed by atoms with Crippen LogP contribution in [0.5, 0.6) is 0 Å². The quantitative estimate of drug-likeness (QED) is 0.144. The Balaban J connectivity index is 1.49. The van der Waals surface area contributed by atoms with Crippen LogP contribution in [0.15, 0.2) is 108 Å². The Morgan fingerprint density at radius 3 is 2.31 bits per heavy atom. The minimum absolute atomic E-state index is 0.0378. The van der Waals surface area contributed by atoms with Crippen molar-refractivity contribution in [3.8, 4) is 11.1 Å². The molecule has 45 heavy (non-hydrogen) atoms. The van der Waals surface area contributed by atoms with Gasteiger partial charge in [0.1, 0.15) is 11.7 Å². The van der Waals surface area contributed by atoms with Gasteiger partial charge in [0.2, 0.25) is 0 Å². The molecule has 0 saturated heterocycles. The molecule has 4 aromatic carbocycles. The molecule has 2 heterocycles. The number of nitrogens with zero attached hydrogens (tertiary/aromatic N) is 1. The monoisotopic (exact) mass is 648 g/mol. The second-order valence-electron chi connectivity index (χ2n) is 10.5. The van der Waals surface area contributed by atoms with Crippen molar-refractivity contribution in [1.29, 1.82) is 0 Å². The van der Waals surface area contributed by atoms with Gasteiger partial charge in [0.25, 0.3) is 5.56 Å². The first kappa shape index (κ1) is 30.4. The molecule has 0 radical (unpaired) electrons. The number of thiophene rings is 1. The predicted octanol–water partition coefficient (Wildman–Crippen LogP) is 8.53. The molecule has 0 aliphatic carbocycles. The van der Waals surface area contributed by atoms with E-state index in [0.29, 0.717) is 16.1 Å². The number of halogens is 4. The number of hydrogen-bond acceptors (Lipinski definition) is 5. The molecule has 6 rings (SSSR count). The number of aliphatic hydroxyl groups excluding tert-OH is 1. The highest BCUT2D eigenvalue weighted by atomic mass is 35.5. The molecule has 0 amide bonds. The van der Waals surface area contributed by atoms with Gasteiger partial charge < -0.3 is 15.5 Å². The SMILES string of the molecule is O=C(O)C(Cc1ccc(Cl)cc1)n1cc(-c2cccc3c2sc2ccccc23)cc(NC(O)c2ccc(C(F)(F)F)cc2)c1=O. The lowest BCUT2D eigenvalue weighted by Gasteiger charge is -2.21. The highest BCUT2D eigenvalue weighted by Crippen LogP contribution is 2.40. The summed E-state index contributed by atoms with van der Waals surface area (Å²) >= 11 is 7.56. The van der Waals surface area contributed by atoms with Crippen LogP contribution < -0.4 is 10.9 Å². The van der Waals surface area contributed by atoms with Gasteiger partial charge in [-0.05, 0) is 42.0 Å². The normalized spacial score (nSPS) is 13.2. The molecule has 2 atom stereocenters. The zero-order chi connectivity index (χ0) is 31.9. The summed E-state index contributed by atoms with van der Waals surface area (Å²) in [6.07, 6.45) is -4.67. The van der Waals surface area contributed by atoms with Gasteiger partial charge in [0.05, 0.1) is 5.56 Å². The van der Waals surface area contributed by atoms with Crippen LogP contribution in [-0.4, -0.2) is 20.7 Å². The summed E-state index contributed by atoms with van der Waals surface area (Å²) < 4.78 is 42.4. The molecule has 2 aromatic heterocycles. The number of pyridine rings is 1. The standard InChI is InChI=1S/C34H24ClF3N2O4S/c35-23-14-8-19(9-15-23)16-28(33(43)44)40-18-21(24-5-3-6-26-25-4-1-2-7-29(25)45-30(24)26)17-27(32(40)42)39-31(41)20-10-12-22(13-11-20)34(36,37)38/h1-15,17-18,28,31,39,41H,16H2,(H,43,44). The second-order valence-corrected chi connectivity index (χ2v) is 12.0. The number of carboxylic acids is 1. The molecule has 0 bridgehead atoms. The molecule has 228 valence electrons. The number of carbonyl (C=O) groups is 1. The Morgan fingerprint density at radius 2 is 1.62 bits per heavy atom. The molecule has 0 aliphatic heterocycles. The molecule has 6 aromatic rings. The highest BCUT2D eigenvalue weighted by Gasteiger charge is 2.30. The van der Waals surface area contributed by atoms with Gasteiger partial charge in [-0.25, -0.2) is 4.79 Å². The van der Waals surface area contributed by atoms with Crippen LogP contribution >= 0.6 is 22.9 Å². The summed E-state index contributed by atoms with van der Waals surface area (Å²) in [6, 6.07) is 24.3. The summed E-state index contributed by atoms with van der Waals surface area (Å²) in [5, 5.41) is 26.5. The van der Waals surface area contributed by atoms with Crippen molar-refractivity contribution in [2.75, 3.05) is 5.32 Å². The van der Waals surface area contributed by atoms with Crippen LogP contribution in [0.4, 0.5) is 18.9 Å². The van der Waals surface area contributed by atoms with Crippen molar-refractivity contribution >= 4 is 54.8 Å². The molecule has 0 saturated carbocycles. The fourth-order valence-electron chi connectivity index (χ4n) is 5.29. The van der Waals surface area contributed by atoms with E-state index >= 15 is 0 Å². The second kappa shape index (κ2) is 12.0. The number of aliphatic hydroxyl groups is 1. The Bertz CT molecular complexity index is 2090. The molecule has 11 heteroatoms. The van der Waals surface area contributed by atoms with Gasteiger partial charge in [-0.1, -0.05) is 72.3 Å². The maximum absolute atomic E-state index is 13.9. The number of hydrogen-bond donors (Lipinski definition) is 3. The fraction of sp³-hybridized carbons (Fsp3) is 0.118. The number of aliphatic carboxylic acids is 1. The third kappa shape index (κ3) is 6.17. The van der Waals surface area contributed by atoms with Gasteiger partial charge >= 0.3 is 12.1 Å². The van der Waals surface area contributed by atoms with Gasteiger partial charge in [-0.15, -0.1) is 11.3 Å². The van der Waals surface area contributed by atoms with Crippen molar-refractivity contribution in [2.45, 2.75) is 24.9 Å². The lowest BCUT2D eigenvalue weighted by Crippen LogP contribution is -2.33. The van der Waals surface area contributed by atoms with Gasteiger partial charge in [0.15, 0.2) is 6.23 Å². The topological polar surface area (TPSA) is 91.6 Å². The van der Waals surface area contributed by atoms with E-state index in [9.17, 15) is 33.0 Å². The van der Waals surface area contributed by atoms with Crippen LogP contribution in [0.3, 0.4) is 0 Å². The Hall–Kier alpha value is -4.64. The third-order valence-electron chi connectivity index (χ3n) is 7.57. The molecular weight excluding hydrogens is 625 g/mol. The van der Waals surface area contributed by atoms with Crippen molar-refractivity contribution in [3.63, 3.8) is 0 Å². The van der Waals surface area contributed by atoms with E-state index in [0.717, 1.165) is 54.6 Å². The molecule has 0 aliphatic rings. The summed E-state index contributed by atoms with van der Waals surface area (Å²) in [5.74, 6) is -1.25. The number of anilines is 1. The van der Waals surface area contributed by atoms with Gasteiger partial charge in [-0.2, -0.15) is 13.2 Å². The van der Waals surface area contributed by atoms with Crippen molar-refractivity contribution in [2.24, 2.45) is 0 Å². The van der Waals surface area contributed by atoms with Crippen LogP contribution in [0, 0.1) is 0 Å². The molecule has 3 N–H and O–H groups in total. The maximum atomic E-state index is 13.9. The molecule has 6 nitrogen and oxygen atoms in total. The van der Waals surface area contributed by atoms with E-state index in [1.165, 1.54) is 12.3 Å². The van der Waals surface area contributed by atoms with Crippen LogP contribution in [0.1, 0.15) is 29.0 Å². The lowest BCUT2D eigenvalue weighted by atomic mass is 10.0. The molecule has 2 unspecified atom stereocenters. The molecule has 0 spiro atoms. The first-order chi connectivity index (χ1) is 21.5. The number of benzene rings is 4. The third-order valence-corrected chi connectivity index (χ3v) is 9.04. The summed E-state index contributed by atoms with van der Waals surface area (Å²) in [6.45, 7) is 0. The lowest BCUT2D eigenvalue weighted by molar-refractivity contribution is -0.141. The van der Waals surface area contributed by atoms with E-state index in [2.05, 4.69) is 5.32 Å².